The molecule has 2 aromatic heterocycles. The molecule has 0 N–H and O–H groups in total. The van der Waals surface area contributed by atoms with Crippen molar-refractivity contribution in [1.29, 1.82) is 0 Å². The van der Waals surface area contributed by atoms with Crippen LogP contribution in [0.1, 0.15) is 17.0 Å². The quantitative estimate of drug-likeness (QED) is 0.701. The van der Waals surface area contributed by atoms with E-state index in [0.29, 0.717) is 0 Å². The first-order chi connectivity index (χ1) is 8.81. The molecular formula is C15H15N3. The summed E-state index contributed by atoms with van der Waals surface area (Å²) in [5.41, 5.74) is 3.56. The first-order valence-electron chi connectivity index (χ1n) is 6.17. The van der Waals surface area contributed by atoms with E-state index in [1.54, 1.807) is 0 Å². The fourth-order valence-electron chi connectivity index (χ4n) is 2.11. The lowest BCUT2D eigenvalue weighted by Gasteiger charge is -1.99. The molecule has 0 aliphatic rings. The van der Waals surface area contributed by atoms with Gasteiger partial charge in [0, 0.05) is 12.6 Å². The molecule has 2 heterocycles. The van der Waals surface area contributed by atoms with E-state index in [1.807, 2.05) is 28.9 Å². The van der Waals surface area contributed by atoms with Crippen molar-refractivity contribution < 1.29 is 0 Å². The maximum Gasteiger partial charge on any atom is 0.155 e. The average Bonchev–Trinajstić information content (AvgIpc) is 2.79. The second kappa shape index (κ2) is 4.61. The van der Waals surface area contributed by atoms with Gasteiger partial charge in [-0.25, -0.2) is 9.50 Å². The van der Waals surface area contributed by atoms with Crippen LogP contribution in [0.3, 0.4) is 0 Å². The van der Waals surface area contributed by atoms with Crippen LogP contribution in [0, 0.1) is 6.92 Å². The van der Waals surface area contributed by atoms with Gasteiger partial charge in [-0.05, 0) is 31.0 Å². The molecule has 0 spiro atoms. The Balaban J connectivity index is 1.76. The van der Waals surface area contributed by atoms with E-state index in [1.165, 1.54) is 11.1 Å². The number of aromatic nitrogens is 3. The molecule has 3 rings (SSSR count). The predicted octanol–water partition coefficient (Wildman–Crippen LogP) is 2.82. The maximum absolute atomic E-state index is 4.50. The van der Waals surface area contributed by atoms with Gasteiger partial charge in [0.15, 0.2) is 11.5 Å². The van der Waals surface area contributed by atoms with E-state index in [2.05, 4.69) is 41.3 Å². The monoisotopic (exact) mass is 237 g/mol. The van der Waals surface area contributed by atoms with Crippen molar-refractivity contribution in [2.75, 3.05) is 0 Å². The minimum atomic E-state index is 0.880. The average molecular weight is 237 g/mol. The van der Waals surface area contributed by atoms with Gasteiger partial charge in [-0.3, -0.25) is 0 Å². The molecule has 0 bridgehead atoms. The van der Waals surface area contributed by atoms with Crippen molar-refractivity contribution in [2.45, 2.75) is 19.8 Å². The molecule has 0 aliphatic heterocycles. The first kappa shape index (κ1) is 11.0. The Morgan fingerprint density at radius 2 is 2.00 bits per heavy atom. The summed E-state index contributed by atoms with van der Waals surface area (Å²) in [5, 5.41) is 4.46. The highest BCUT2D eigenvalue weighted by Gasteiger charge is 2.03. The molecule has 1 aromatic carbocycles. The number of rotatable bonds is 3. The molecule has 3 aromatic rings. The zero-order chi connectivity index (χ0) is 12.4. The Morgan fingerprint density at radius 3 is 2.83 bits per heavy atom. The highest BCUT2D eigenvalue weighted by Crippen LogP contribution is 2.08. The number of benzene rings is 1. The lowest BCUT2D eigenvalue weighted by atomic mass is 10.1. The van der Waals surface area contributed by atoms with Crippen LogP contribution in [0.4, 0.5) is 0 Å². The lowest BCUT2D eigenvalue weighted by molar-refractivity contribution is 0.836. The topological polar surface area (TPSA) is 30.2 Å². The van der Waals surface area contributed by atoms with Gasteiger partial charge in [0.1, 0.15) is 0 Å². The van der Waals surface area contributed by atoms with Gasteiger partial charge in [-0.1, -0.05) is 35.9 Å². The summed E-state index contributed by atoms with van der Waals surface area (Å²) in [6, 6.07) is 14.5. The smallest absolute Gasteiger partial charge is 0.155 e. The third-order valence-corrected chi connectivity index (χ3v) is 3.00. The largest absolute Gasteiger partial charge is 0.221 e. The van der Waals surface area contributed by atoms with E-state index >= 15 is 0 Å². The molecule has 0 saturated heterocycles. The summed E-state index contributed by atoms with van der Waals surface area (Å²) < 4.78 is 1.82. The van der Waals surface area contributed by atoms with Crippen LogP contribution in [0.2, 0.25) is 0 Å². The first-order valence-corrected chi connectivity index (χ1v) is 6.17. The van der Waals surface area contributed by atoms with Crippen LogP contribution in [0.15, 0.2) is 48.7 Å². The van der Waals surface area contributed by atoms with Crippen molar-refractivity contribution in [1.82, 2.24) is 14.6 Å². The van der Waals surface area contributed by atoms with Crippen molar-refractivity contribution in [2.24, 2.45) is 0 Å². The van der Waals surface area contributed by atoms with Crippen LogP contribution in [0.25, 0.3) is 5.65 Å². The van der Waals surface area contributed by atoms with Gasteiger partial charge in [0.25, 0.3) is 0 Å². The number of fused-ring (bicyclic) bond motifs is 1. The molecule has 0 radical (unpaired) electrons. The van der Waals surface area contributed by atoms with E-state index in [4.69, 9.17) is 0 Å². The fraction of sp³-hybridized carbons (Fsp3) is 0.200. The van der Waals surface area contributed by atoms with E-state index in [-0.39, 0.29) is 0 Å². The number of pyridine rings is 1. The molecule has 3 nitrogen and oxygen atoms in total. The molecule has 90 valence electrons. The van der Waals surface area contributed by atoms with Crippen molar-refractivity contribution >= 4 is 5.65 Å². The van der Waals surface area contributed by atoms with Gasteiger partial charge in [-0.15, -0.1) is 0 Å². The van der Waals surface area contributed by atoms with Crippen LogP contribution < -0.4 is 0 Å². The Hall–Kier alpha value is -2.16. The van der Waals surface area contributed by atoms with Gasteiger partial charge in [0.2, 0.25) is 0 Å². The molecule has 0 fully saturated rings. The van der Waals surface area contributed by atoms with Gasteiger partial charge < -0.3 is 0 Å². The third-order valence-electron chi connectivity index (χ3n) is 3.00. The summed E-state index contributed by atoms with van der Waals surface area (Å²) in [6.07, 6.45) is 3.79. The lowest BCUT2D eigenvalue weighted by Crippen LogP contribution is -1.94. The van der Waals surface area contributed by atoms with Gasteiger partial charge in [0.05, 0.1) is 0 Å². The highest BCUT2D eigenvalue weighted by atomic mass is 15.3. The van der Waals surface area contributed by atoms with Crippen LogP contribution in [-0.2, 0) is 12.8 Å². The van der Waals surface area contributed by atoms with Crippen LogP contribution in [0.5, 0.6) is 0 Å². The summed E-state index contributed by atoms with van der Waals surface area (Å²) in [7, 11) is 0. The normalized spacial score (nSPS) is 10.9. The van der Waals surface area contributed by atoms with E-state index < -0.39 is 0 Å². The highest BCUT2D eigenvalue weighted by molar-refractivity contribution is 5.36. The number of aryl methyl sites for hydroxylation is 3. The number of hydrogen-bond acceptors (Lipinski definition) is 2. The summed E-state index contributed by atoms with van der Waals surface area (Å²) in [6.45, 7) is 2.12. The van der Waals surface area contributed by atoms with Gasteiger partial charge >= 0.3 is 0 Å². The SMILES string of the molecule is Cc1cccc(CCc2nc3ccccn3n2)c1. The molecule has 0 atom stereocenters. The molecule has 0 amide bonds. The molecule has 0 aliphatic carbocycles. The summed E-state index contributed by atoms with van der Waals surface area (Å²) >= 11 is 0. The molecular weight excluding hydrogens is 222 g/mol. The van der Waals surface area contributed by atoms with E-state index in [0.717, 1.165) is 24.3 Å². The van der Waals surface area contributed by atoms with Crippen molar-refractivity contribution in [3.05, 3.63) is 65.6 Å². The van der Waals surface area contributed by atoms with Crippen LogP contribution in [-0.4, -0.2) is 14.6 Å². The van der Waals surface area contributed by atoms with Gasteiger partial charge in [-0.2, -0.15) is 5.10 Å². The van der Waals surface area contributed by atoms with Crippen LogP contribution >= 0.6 is 0 Å². The molecule has 0 unspecified atom stereocenters. The molecule has 3 heteroatoms. The van der Waals surface area contributed by atoms with Crippen molar-refractivity contribution in [3.63, 3.8) is 0 Å². The zero-order valence-corrected chi connectivity index (χ0v) is 10.4. The molecule has 0 saturated carbocycles. The zero-order valence-electron chi connectivity index (χ0n) is 10.4. The Morgan fingerprint density at radius 1 is 1.06 bits per heavy atom. The minimum absolute atomic E-state index is 0.880. The number of hydrogen-bond donors (Lipinski definition) is 0. The Labute approximate surface area is 106 Å². The Kier molecular flexibility index (Phi) is 2.81. The molecule has 18 heavy (non-hydrogen) atoms. The van der Waals surface area contributed by atoms with Crippen molar-refractivity contribution in [3.8, 4) is 0 Å². The second-order valence-corrected chi connectivity index (χ2v) is 4.52. The standard InChI is InChI=1S/C15H15N3/c1-12-5-4-6-13(11-12)8-9-14-16-15-7-2-3-10-18(15)17-14/h2-7,10-11H,8-9H2,1H3. The summed E-state index contributed by atoms with van der Waals surface area (Å²) in [5.74, 6) is 0.905. The fourth-order valence-corrected chi connectivity index (χ4v) is 2.11. The number of nitrogens with zero attached hydrogens (tertiary/aromatic N) is 3. The predicted molar refractivity (Wildman–Crippen MR) is 71.6 cm³/mol. The van der Waals surface area contributed by atoms with E-state index in [9.17, 15) is 0 Å². The minimum Gasteiger partial charge on any atom is -0.221 e. The summed E-state index contributed by atoms with van der Waals surface area (Å²) in [4.78, 5) is 4.50. The maximum atomic E-state index is 4.50. The third kappa shape index (κ3) is 2.25. The second-order valence-electron chi connectivity index (χ2n) is 4.52. The Bertz CT molecular complexity index is 637.